The molecule has 0 unspecified atom stereocenters. The summed E-state index contributed by atoms with van der Waals surface area (Å²) >= 11 is 0. The highest BCUT2D eigenvalue weighted by atomic mass is 16.3. The van der Waals surface area contributed by atoms with Crippen LogP contribution in [0.3, 0.4) is 0 Å². The van der Waals surface area contributed by atoms with Crippen LogP contribution in [0.15, 0.2) is 53.1 Å². The molecule has 1 fully saturated rings. The molecule has 0 radical (unpaired) electrons. The number of ketones is 1. The number of rotatable bonds is 4. The minimum atomic E-state index is 0.0807. The van der Waals surface area contributed by atoms with E-state index in [1.165, 1.54) is 16.5 Å². The van der Waals surface area contributed by atoms with E-state index < -0.39 is 0 Å². The van der Waals surface area contributed by atoms with Crippen LogP contribution in [-0.2, 0) is 19.4 Å². The average molecular weight is 345 g/mol. The van der Waals surface area contributed by atoms with Gasteiger partial charge in [0.05, 0.1) is 12.8 Å². The Hall–Kier alpha value is -2.39. The van der Waals surface area contributed by atoms with Gasteiger partial charge in [-0.2, -0.15) is 0 Å². The lowest BCUT2D eigenvalue weighted by molar-refractivity contribution is 0.0804. The molecule has 132 valence electrons. The Bertz CT molecular complexity index is 948. The first-order valence-corrected chi connectivity index (χ1v) is 9.62. The molecule has 2 aliphatic rings. The van der Waals surface area contributed by atoms with E-state index >= 15 is 0 Å². The SMILES string of the molecule is O=C(c1ccc2c3c(cccc13)CC2)[C@H]1CCCN(Cc2ccco2)C1. The molecule has 2 aromatic carbocycles. The van der Waals surface area contributed by atoms with Crippen molar-refractivity contribution in [1.29, 1.82) is 0 Å². The molecule has 3 heteroatoms. The second-order valence-corrected chi connectivity index (χ2v) is 7.63. The Kier molecular flexibility index (Phi) is 3.90. The lowest BCUT2D eigenvalue weighted by Gasteiger charge is -2.31. The minimum absolute atomic E-state index is 0.0807. The second kappa shape index (κ2) is 6.40. The Morgan fingerprint density at radius 1 is 1.08 bits per heavy atom. The van der Waals surface area contributed by atoms with Gasteiger partial charge in [-0.25, -0.2) is 0 Å². The van der Waals surface area contributed by atoms with Crippen molar-refractivity contribution in [3.63, 3.8) is 0 Å². The van der Waals surface area contributed by atoms with Gasteiger partial charge in [0.1, 0.15) is 5.76 Å². The number of carbonyl (C=O) groups is 1. The number of nitrogens with zero attached hydrogens (tertiary/aromatic N) is 1. The molecule has 0 amide bonds. The number of carbonyl (C=O) groups excluding carboxylic acids is 1. The third-order valence-corrected chi connectivity index (χ3v) is 5.98. The van der Waals surface area contributed by atoms with Crippen molar-refractivity contribution in [3.8, 4) is 0 Å². The van der Waals surface area contributed by atoms with Crippen molar-refractivity contribution in [2.24, 2.45) is 5.92 Å². The Balaban J connectivity index is 1.42. The maximum Gasteiger partial charge on any atom is 0.167 e. The van der Waals surface area contributed by atoms with E-state index in [4.69, 9.17) is 4.42 Å². The summed E-state index contributed by atoms with van der Waals surface area (Å²) in [5.41, 5.74) is 3.71. The lowest BCUT2D eigenvalue weighted by Crippen LogP contribution is -2.38. The van der Waals surface area contributed by atoms with E-state index in [0.29, 0.717) is 5.78 Å². The van der Waals surface area contributed by atoms with E-state index in [9.17, 15) is 4.79 Å². The molecule has 1 aromatic heterocycles. The van der Waals surface area contributed by atoms with Crippen LogP contribution in [0.1, 0.15) is 40.1 Å². The lowest BCUT2D eigenvalue weighted by atomic mass is 9.87. The molecule has 0 bridgehead atoms. The molecule has 1 aliphatic carbocycles. The van der Waals surface area contributed by atoms with Crippen LogP contribution in [0.25, 0.3) is 10.8 Å². The second-order valence-electron chi connectivity index (χ2n) is 7.63. The van der Waals surface area contributed by atoms with Gasteiger partial charge in [-0.15, -0.1) is 0 Å². The van der Waals surface area contributed by atoms with Crippen molar-refractivity contribution in [1.82, 2.24) is 4.90 Å². The number of benzene rings is 2. The van der Waals surface area contributed by atoms with Gasteiger partial charge in [0.15, 0.2) is 5.78 Å². The fraction of sp³-hybridized carbons (Fsp3) is 0.348. The first kappa shape index (κ1) is 15.8. The first-order valence-electron chi connectivity index (χ1n) is 9.62. The molecular weight excluding hydrogens is 322 g/mol. The fourth-order valence-corrected chi connectivity index (χ4v) is 4.72. The van der Waals surface area contributed by atoms with Gasteiger partial charge in [-0.1, -0.05) is 30.3 Å². The van der Waals surface area contributed by atoms with Crippen molar-refractivity contribution < 1.29 is 9.21 Å². The van der Waals surface area contributed by atoms with Crippen LogP contribution >= 0.6 is 0 Å². The van der Waals surface area contributed by atoms with E-state index in [1.807, 2.05) is 12.1 Å². The summed E-state index contributed by atoms with van der Waals surface area (Å²) < 4.78 is 5.48. The minimum Gasteiger partial charge on any atom is -0.468 e. The largest absolute Gasteiger partial charge is 0.468 e. The zero-order valence-electron chi connectivity index (χ0n) is 14.9. The number of likely N-dealkylation sites (tertiary alicyclic amines) is 1. The van der Waals surface area contributed by atoms with Crippen molar-refractivity contribution in [2.45, 2.75) is 32.2 Å². The standard InChI is InChI=1S/C23H23NO2/c25-23(18-5-2-12-24(14-18)15-19-6-3-13-26-19)21-11-10-17-9-8-16-4-1-7-20(21)22(16)17/h1,3-4,6-7,10-11,13,18H,2,5,8-9,12,14-15H2/t18-/m0/s1. The Morgan fingerprint density at radius 3 is 2.81 bits per heavy atom. The third-order valence-electron chi connectivity index (χ3n) is 5.98. The molecule has 1 aliphatic heterocycles. The van der Waals surface area contributed by atoms with Gasteiger partial charge in [0.25, 0.3) is 0 Å². The fourth-order valence-electron chi connectivity index (χ4n) is 4.72. The summed E-state index contributed by atoms with van der Waals surface area (Å²) in [6.07, 6.45) is 5.97. The molecule has 3 nitrogen and oxygen atoms in total. The monoisotopic (exact) mass is 345 g/mol. The van der Waals surface area contributed by atoms with Gasteiger partial charge in [-0.05, 0) is 66.3 Å². The van der Waals surface area contributed by atoms with Gasteiger partial charge >= 0.3 is 0 Å². The van der Waals surface area contributed by atoms with Crippen molar-refractivity contribution in [2.75, 3.05) is 13.1 Å². The summed E-state index contributed by atoms with van der Waals surface area (Å²) in [6, 6.07) is 14.6. The van der Waals surface area contributed by atoms with Crippen molar-refractivity contribution >= 4 is 16.6 Å². The van der Waals surface area contributed by atoms with Crippen LogP contribution in [0, 0.1) is 5.92 Å². The van der Waals surface area contributed by atoms with Gasteiger partial charge in [0, 0.05) is 18.0 Å². The highest BCUT2D eigenvalue weighted by Gasteiger charge is 2.29. The van der Waals surface area contributed by atoms with Crippen LogP contribution in [0.4, 0.5) is 0 Å². The zero-order chi connectivity index (χ0) is 17.5. The molecule has 1 saturated heterocycles. The van der Waals surface area contributed by atoms with E-state index in [1.54, 1.807) is 6.26 Å². The third kappa shape index (κ3) is 2.67. The number of hydrogen-bond donors (Lipinski definition) is 0. The average Bonchev–Trinajstić information content (AvgIpc) is 3.33. The zero-order valence-corrected chi connectivity index (χ0v) is 14.9. The number of aryl methyl sites for hydroxylation is 2. The summed E-state index contributed by atoms with van der Waals surface area (Å²) in [5.74, 6) is 1.37. The van der Waals surface area contributed by atoms with Crippen LogP contribution in [0.2, 0.25) is 0 Å². The normalized spacial score (nSPS) is 19.9. The van der Waals surface area contributed by atoms with E-state index in [2.05, 4.69) is 35.2 Å². The number of furan rings is 1. The molecule has 3 aromatic rings. The molecule has 0 saturated carbocycles. The maximum absolute atomic E-state index is 13.4. The highest BCUT2D eigenvalue weighted by molar-refractivity contribution is 6.11. The Morgan fingerprint density at radius 2 is 1.96 bits per heavy atom. The van der Waals surface area contributed by atoms with Gasteiger partial charge < -0.3 is 4.42 Å². The van der Waals surface area contributed by atoms with Gasteiger partial charge in [0.2, 0.25) is 0 Å². The quantitative estimate of drug-likeness (QED) is 0.647. The van der Waals surface area contributed by atoms with Crippen molar-refractivity contribution in [3.05, 3.63) is 71.2 Å². The smallest absolute Gasteiger partial charge is 0.167 e. The van der Waals surface area contributed by atoms with Crippen LogP contribution < -0.4 is 0 Å². The molecule has 0 N–H and O–H groups in total. The highest BCUT2D eigenvalue weighted by Crippen LogP contribution is 2.34. The summed E-state index contributed by atoms with van der Waals surface area (Å²) in [7, 11) is 0. The molecule has 1 atom stereocenters. The maximum atomic E-state index is 13.4. The topological polar surface area (TPSA) is 33.5 Å². The van der Waals surface area contributed by atoms with Crippen LogP contribution in [0.5, 0.6) is 0 Å². The van der Waals surface area contributed by atoms with Gasteiger partial charge in [-0.3, -0.25) is 9.69 Å². The molecule has 26 heavy (non-hydrogen) atoms. The van der Waals surface area contributed by atoms with E-state index in [0.717, 1.165) is 62.0 Å². The Labute approximate surface area is 153 Å². The number of hydrogen-bond acceptors (Lipinski definition) is 3. The molecule has 0 spiro atoms. The predicted octanol–water partition coefficient (Wildman–Crippen LogP) is 4.63. The van der Waals surface area contributed by atoms with Crippen LogP contribution in [-0.4, -0.2) is 23.8 Å². The first-order chi connectivity index (χ1) is 12.8. The molecule has 2 heterocycles. The predicted molar refractivity (Wildman–Crippen MR) is 102 cm³/mol. The summed E-state index contributed by atoms with van der Waals surface area (Å²) in [4.78, 5) is 15.7. The summed E-state index contributed by atoms with van der Waals surface area (Å²) in [5, 5.41) is 2.49. The number of piperidine rings is 1. The summed E-state index contributed by atoms with van der Waals surface area (Å²) in [6.45, 7) is 2.65. The van der Waals surface area contributed by atoms with E-state index in [-0.39, 0.29) is 5.92 Å². The molecular formula is C23H23NO2. The molecule has 5 rings (SSSR count). The number of Topliss-reactive ketones (excluding diaryl/α,β-unsaturated/α-hetero) is 1.